The molecule has 0 amide bonds. The third-order valence-corrected chi connectivity index (χ3v) is 3.08. The molecule has 3 aromatic rings. The van der Waals surface area contributed by atoms with Crippen LogP contribution in [0.15, 0.2) is 48.5 Å². The van der Waals surface area contributed by atoms with Gasteiger partial charge in [0.05, 0.1) is 0 Å². The van der Waals surface area contributed by atoms with Gasteiger partial charge in [0.2, 0.25) is 0 Å². The van der Waals surface area contributed by atoms with Crippen LogP contribution in [-0.2, 0) is 0 Å². The van der Waals surface area contributed by atoms with E-state index in [1.165, 1.54) is 5.39 Å². The van der Waals surface area contributed by atoms with Crippen molar-refractivity contribution in [3.8, 4) is 0 Å². The van der Waals surface area contributed by atoms with Gasteiger partial charge in [0.25, 0.3) is 0 Å². The molecule has 0 fully saturated rings. The van der Waals surface area contributed by atoms with E-state index in [1.54, 1.807) is 6.07 Å². The molecule has 0 unspecified atom stereocenters. The molecular weight excluding hydrogens is 210 g/mol. The number of nitrogens with two attached hydrogens (primary N) is 1. The number of aldehydes is 1. The summed E-state index contributed by atoms with van der Waals surface area (Å²) in [5, 5.41) is 4.24. The van der Waals surface area contributed by atoms with E-state index in [-0.39, 0.29) is 0 Å². The second-order valence-electron chi connectivity index (χ2n) is 4.11. The van der Waals surface area contributed by atoms with E-state index in [4.69, 9.17) is 5.73 Å². The van der Waals surface area contributed by atoms with E-state index in [9.17, 15) is 4.79 Å². The van der Waals surface area contributed by atoms with Crippen LogP contribution in [0.25, 0.3) is 21.5 Å². The highest BCUT2D eigenvalue weighted by Crippen LogP contribution is 2.27. The molecule has 0 aliphatic rings. The van der Waals surface area contributed by atoms with E-state index >= 15 is 0 Å². The van der Waals surface area contributed by atoms with Crippen molar-refractivity contribution >= 4 is 33.5 Å². The fraction of sp³-hybridized carbons (Fsp3) is 0. The molecule has 0 saturated heterocycles. The Labute approximate surface area is 98.7 Å². The normalized spacial score (nSPS) is 10.8. The molecule has 0 atom stereocenters. The maximum atomic E-state index is 11.1. The summed E-state index contributed by atoms with van der Waals surface area (Å²) in [6.45, 7) is 0. The highest BCUT2D eigenvalue weighted by molar-refractivity contribution is 6.08. The lowest BCUT2D eigenvalue weighted by Crippen LogP contribution is -1.93. The number of benzene rings is 3. The summed E-state index contributed by atoms with van der Waals surface area (Å²) >= 11 is 0. The summed E-state index contributed by atoms with van der Waals surface area (Å²) in [6.07, 6.45) is 0.826. The van der Waals surface area contributed by atoms with Gasteiger partial charge in [-0.2, -0.15) is 0 Å². The Kier molecular flexibility index (Phi) is 2.08. The van der Waals surface area contributed by atoms with Crippen molar-refractivity contribution in [1.82, 2.24) is 0 Å². The van der Waals surface area contributed by atoms with Gasteiger partial charge in [0.1, 0.15) is 0 Å². The third-order valence-electron chi connectivity index (χ3n) is 3.08. The summed E-state index contributed by atoms with van der Waals surface area (Å²) < 4.78 is 0. The molecule has 0 aromatic heterocycles. The third kappa shape index (κ3) is 1.46. The quantitative estimate of drug-likeness (QED) is 0.389. The number of hydrogen-bond donors (Lipinski definition) is 1. The van der Waals surface area contributed by atoms with Crippen LogP contribution in [0.1, 0.15) is 10.4 Å². The molecule has 0 radical (unpaired) electrons. The van der Waals surface area contributed by atoms with Crippen LogP contribution in [0.5, 0.6) is 0 Å². The molecule has 2 N–H and O–H groups in total. The second kappa shape index (κ2) is 3.59. The number of rotatable bonds is 1. The first-order valence-corrected chi connectivity index (χ1v) is 5.46. The van der Waals surface area contributed by atoms with Crippen LogP contribution in [0.2, 0.25) is 0 Å². The van der Waals surface area contributed by atoms with Gasteiger partial charge < -0.3 is 5.73 Å². The Balaban J connectivity index is 2.52. The van der Waals surface area contributed by atoms with E-state index in [1.807, 2.05) is 30.3 Å². The van der Waals surface area contributed by atoms with Crippen molar-refractivity contribution in [3.63, 3.8) is 0 Å². The summed E-state index contributed by atoms with van der Waals surface area (Å²) in [4.78, 5) is 11.1. The predicted molar refractivity (Wildman–Crippen MR) is 71.3 cm³/mol. The minimum atomic E-state index is 0.530. The predicted octanol–water partition coefficient (Wildman–Crippen LogP) is 3.39. The lowest BCUT2D eigenvalue weighted by atomic mass is 9.99. The zero-order valence-electron chi connectivity index (χ0n) is 9.18. The molecule has 0 saturated carbocycles. The second-order valence-corrected chi connectivity index (χ2v) is 4.11. The molecular formula is C15H11NO. The maximum absolute atomic E-state index is 11.1. The van der Waals surface area contributed by atoms with Gasteiger partial charge in [0.15, 0.2) is 6.29 Å². The van der Waals surface area contributed by atoms with Crippen LogP contribution < -0.4 is 5.73 Å². The molecule has 2 nitrogen and oxygen atoms in total. The van der Waals surface area contributed by atoms with Crippen LogP contribution in [0.3, 0.4) is 0 Å². The van der Waals surface area contributed by atoms with Crippen LogP contribution in [0, 0.1) is 0 Å². The molecule has 0 heterocycles. The average molecular weight is 221 g/mol. The molecule has 0 aliphatic heterocycles. The summed E-state index contributed by atoms with van der Waals surface area (Å²) in [5.74, 6) is 0. The standard InChI is InChI=1S/C15H11NO/c16-15-6-5-12-7-10-3-1-2-4-11(10)8-13(12)14(15)9-17/h1-9H,16H2. The number of anilines is 1. The van der Waals surface area contributed by atoms with Gasteiger partial charge in [-0.3, -0.25) is 4.79 Å². The fourth-order valence-electron chi connectivity index (χ4n) is 2.19. The zero-order chi connectivity index (χ0) is 11.8. The van der Waals surface area contributed by atoms with Gasteiger partial charge >= 0.3 is 0 Å². The fourth-order valence-corrected chi connectivity index (χ4v) is 2.19. The largest absolute Gasteiger partial charge is 0.398 e. The lowest BCUT2D eigenvalue weighted by molar-refractivity contribution is 0.112. The highest BCUT2D eigenvalue weighted by atomic mass is 16.1. The molecule has 3 aromatic carbocycles. The van der Waals surface area contributed by atoms with Crippen LogP contribution in [0.4, 0.5) is 5.69 Å². The van der Waals surface area contributed by atoms with Crippen molar-refractivity contribution in [2.45, 2.75) is 0 Å². The molecule has 82 valence electrons. The van der Waals surface area contributed by atoms with Gasteiger partial charge in [-0.05, 0) is 39.7 Å². The first kappa shape index (κ1) is 9.85. The van der Waals surface area contributed by atoms with Gasteiger partial charge in [-0.25, -0.2) is 0 Å². The monoisotopic (exact) mass is 221 g/mol. The molecule has 0 bridgehead atoms. The first-order chi connectivity index (χ1) is 8.29. The number of fused-ring (bicyclic) bond motifs is 2. The minimum Gasteiger partial charge on any atom is -0.398 e. The van der Waals surface area contributed by atoms with Crippen LogP contribution in [-0.4, -0.2) is 6.29 Å². The van der Waals surface area contributed by atoms with Gasteiger partial charge in [-0.15, -0.1) is 0 Å². The van der Waals surface area contributed by atoms with E-state index in [0.29, 0.717) is 11.3 Å². The van der Waals surface area contributed by atoms with Gasteiger partial charge in [-0.1, -0.05) is 30.3 Å². The summed E-state index contributed by atoms with van der Waals surface area (Å²) in [6, 6.07) is 15.9. The maximum Gasteiger partial charge on any atom is 0.152 e. The smallest absolute Gasteiger partial charge is 0.152 e. The zero-order valence-corrected chi connectivity index (χ0v) is 9.18. The van der Waals surface area contributed by atoms with Crippen molar-refractivity contribution in [3.05, 3.63) is 54.1 Å². The molecule has 17 heavy (non-hydrogen) atoms. The topological polar surface area (TPSA) is 43.1 Å². The van der Waals surface area contributed by atoms with E-state index < -0.39 is 0 Å². The van der Waals surface area contributed by atoms with Crippen molar-refractivity contribution in [2.24, 2.45) is 0 Å². The lowest BCUT2D eigenvalue weighted by Gasteiger charge is -2.06. The van der Waals surface area contributed by atoms with E-state index in [2.05, 4.69) is 12.1 Å². The Morgan fingerprint density at radius 2 is 1.59 bits per heavy atom. The van der Waals surface area contributed by atoms with E-state index in [0.717, 1.165) is 22.4 Å². The molecule has 2 heteroatoms. The molecule has 0 spiro atoms. The first-order valence-electron chi connectivity index (χ1n) is 5.46. The number of hydrogen-bond acceptors (Lipinski definition) is 2. The Hall–Kier alpha value is -2.35. The summed E-state index contributed by atoms with van der Waals surface area (Å²) in [5.41, 5.74) is 6.92. The van der Waals surface area contributed by atoms with Gasteiger partial charge in [0, 0.05) is 11.3 Å². The molecule has 3 rings (SSSR count). The minimum absolute atomic E-state index is 0.530. The van der Waals surface area contributed by atoms with Crippen molar-refractivity contribution in [2.75, 3.05) is 5.73 Å². The highest BCUT2D eigenvalue weighted by Gasteiger charge is 2.05. The SMILES string of the molecule is Nc1ccc2cc3ccccc3cc2c1C=O. The molecule has 0 aliphatic carbocycles. The number of carbonyl (C=O) groups is 1. The number of nitrogen functional groups attached to an aromatic ring is 1. The Bertz CT molecular complexity index is 731. The Morgan fingerprint density at radius 1 is 0.882 bits per heavy atom. The summed E-state index contributed by atoms with van der Waals surface area (Å²) in [7, 11) is 0. The Morgan fingerprint density at radius 3 is 2.29 bits per heavy atom. The van der Waals surface area contributed by atoms with Crippen molar-refractivity contribution in [1.29, 1.82) is 0 Å². The van der Waals surface area contributed by atoms with Crippen molar-refractivity contribution < 1.29 is 4.79 Å². The van der Waals surface area contributed by atoms with Crippen LogP contribution >= 0.6 is 0 Å². The average Bonchev–Trinajstić information content (AvgIpc) is 2.36. The number of carbonyl (C=O) groups excluding carboxylic acids is 1.